The Bertz CT molecular complexity index is 358. The zero-order valence-electron chi connectivity index (χ0n) is 13.1. The average molecular weight is 323 g/mol. The summed E-state index contributed by atoms with van der Waals surface area (Å²) in [6.45, 7) is 8.42. The normalized spacial score (nSPS) is 21.5. The van der Waals surface area contributed by atoms with Crippen LogP contribution in [-0.2, 0) is 9.84 Å². The summed E-state index contributed by atoms with van der Waals surface area (Å²) < 4.78 is 23.5. The van der Waals surface area contributed by atoms with Gasteiger partial charge in [0.05, 0.1) is 0 Å². The zero-order valence-corrected chi connectivity index (χ0v) is 14.7. The summed E-state index contributed by atoms with van der Waals surface area (Å²) in [5.74, 6) is 2.49. The lowest BCUT2D eigenvalue weighted by Crippen LogP contribution is -2.47. The lowest BCUT2D eigenvalue weighted by atomic mass is 10.2. The first-order valence-corrected chi connectivity index (χ1v) is 10.7. The minimum absolute atomic E-state index is 0.264. The molecule has 0 aromatic carbocycles. The summed E-state index contributed by atoms with van der Waals surface area (Å²) in [6, 6.07) is 0. The van der Waals surface area contributed by atoms with Crippen molar-refractivity contribution >= 4 is 21.6 Å². The molecule has 1 heterocycles. The molecule has 1 fully saturated rings. The Morgan fingerprint density at radius 3 is 2.70 bits per heavy atom. The van der Waals surface area contributed by atoms with E-state index in [4.69, 9.17) is 0 Å². The number of thioether (sulfide) groups is 1. The number of hydrogen-bond donors (Lipinski definition) is 1. The van der Waals surface area contributed by atoms with E-state index in [1.54, 1.807) is 11.8 Å². The molecule has 1 N–H and O–H groups in total. The van der Waals surface area contributed by atoms with Crippen molar-refractivity contribution in [2.45, 2.75) is 38.5 Å². The molecule has 0 bridgehead atoms. The Morgan fingerprint density at radius 2 is 2.05 bits per heavy atom. The fourth-order valence-corrected chi connectivity index (χ4v) is 5.37. The number of sulfone groups is 1. The molecular weight excluding hydrogens is 292 g/mol. The second-order valence-electron chi connectivity index (χ2n) is 6.05. The molecule has 1 saturated heterocycles. The third-order valence-electron chi connectivity index (χ3n) is 3.54. The molecule has 0 radical (unpaired) electrons. The molecular formula is C14H30N2O2S2. The van der Waals surface area contributed by atoms with Crippen molar-refractivity contribution in [2.24, 2.45) is 5.92 Å². The van der Waals surface area contributed by atoms with Crippen LogP contribution in [0.5, 0.6) is 0 Å². The highest BCUT2D eigenvalue weighted by atomic mass is 32.2. The molecule has 1 aliphatic rings. The fourth-order valence-electron chi connectivity index (χ4n) is 2.40. The van der Waals surface area contributed by atoms with Crippen LogP contribution in [0.25, 0.3) is 0 Å². The molecule has 0 saturated carbocycles. The van der Waals surface area contributed by atoms with E-state index in [1.165, 1.54) is 19.1 Å². The van der Waals surface area contributed by atoms with Gasteiger partial charge >= 0.3 is 0 Å². The van der Waals surface area contributed by atoms with Gasteiger partial charge in [-0.25, -0.2) is 8.42 Å². The van der Waals surface area contributed by atoms with Gasteiger partial charge in [0.25, 0.3) is 0 Å². The molecule has 0 spiro atoms. The van der Waals surface area contributed by atoms with E-state index < -0.39 is 9.84 Å². The first kappa shape index (κ1) is 18.3. The van der Waals surface area contributed by atoms with Gasteiger partial charge in [-0.2, -0.15) is 11.8 Å². The summed E-state index contributed by atoms with van der Waals surface area (Å²) in [5.41, 5.74) is 0. The second-order valence-corrected chi connectivity index (χ2v) is 9.41. The maximum absolute atomic E-state index is 11.8. The molecule has 0 aromatic heterocycles. The average Bonchev–Trinajstić information content (AvgIpc) is 2.36. The van der Waals surface area contributed by atoms with E-state index >= 15 is 0 Å². The number of nitrogens with zero attached hydrogens (tertiary/aromatic N) is 1. The summed E-state index contributed by atoms with van der Waals surface area (Å²) in [7, 11) is -2.94. The summed E-state index contributed by atoms with van der Waals surface area (Å²) >= 11 is 1.76. The van der Waals surface area contributed by atoms with Crippen LogP contribution in [0.1, 0.15) is 33.1 Å². The highest BCUT2D eigenvalue weighted by Gasteiger charge is 2.30. The van der Waals surface area contributed by atoms with Gasteiger partial charge in [0.2, 0.25) is 0 Å². The third-order valence-corrected chi connectivity index (χ3v) is 6.22. The Balaban J connectivity index is 2.16. The van der Waals surface area contributed by atoms with E-state index in [0.717, 1.165) is 44.1 Å². The summed E-state index contributed by atoms with van der Waals surface area (Å²) in [4.78, 5) is 2.16. The number of nitrogens with one attached hydrogen (secondary N) is 1. The molecule has 0 amide bonds. The zero-order chi connectivity index (χ0) is 15.0. The topological polar surface area (TPSA) is 49.4 Å². The minimum Gasteiger partial charge on any atom is -0.316 e. The highest BCUT2D eigenvalue weighted by molar-refractivity contribution is 8.00. The summed E-state index contributed by atoms with van der Waals surface area (Å²) in [5, 5.41) is 3.18. The summed E-state index contributed by atoms with van der Waals surface area (Å²) in [6.07, 6.45) is 4.82. The predicted octanol–water partition coefficient (Wildman–Crippen LogP) is 1.82. The van der Waals surface area contributed by atoms with Gasteiger partial charge < -0.3 is 5.32 Å². The van der Waals surface area contributed by atoms with Crippen LogP contribution in [0.15, 0.2) is 0 Å². The Kier molecular flexibility index (Phi) is 8.48. The van der Waals surface area contributed by atoms with Crippen molar-refractivity contribution in [2.75, 3.05) is 43.9 Å². The van der Waals surface area contributed by atoms with Crippen molar-refractivity contribution < 1.29 is 8.42 Å². The van der Waals surface area contributed by atoms with Crippen LogP contribution in [0.3, 0.4) is 0 Å². The van der Waals surface area contributed by atoms with Gasteiger partial charge in [-0.1, -0.05) is 20.3 Å². The molecule has 1 rings (SSSR count). The number of unbranched alkanes of at least 4 members (excludes halogenated alkanes) is 2. The second kappa shape index (κ2) is 9.28. The molecule has 20 heavy (non-hydrogen) atoms. The maximum atomic E-state index is 11.8. The molecule has 0 aliphatic carbocycles. The van der Waals surface area contributed by atoms with Crippen molar-refractivity contribution in [1.82, 2.24) is 10.2 Å². The minimum atomic E-state index is -2.94. The van der Waals surface area contributed by atoms with E-state index in [2.05, 4.69) is 24.1 Å². The van der Waals surface area contributed by atoms with Gasteiger partial charge in [0.15, 0.2) is 9.84 Å². The fraction of sp³-hybridized carbons (Fsp3) is 1.00. The largest absolute Gasteiger partial charge is 0.316 e. The van der Waals surface area contributed by atoms with E-state index in [-0.39, 0.29) is 5.37 Å². The monoisotopic (exact) mass is 322 g/mol. The van der Waals surface area contributed by atoms with E-state index in [9.17, 15) is 8.42 Å². The van der Waals surface area contributed by atoms with Crippen LogP contribution >= 0.6 is 11.8 Å². The highest BCUT2D eigenvalue weighted by Crippen LogP contribution is 2.20. The molecule has 6 heteroatoms. The molecule has 4 nitrogen and oxygen atoms in total. The van der Waals surface area contributed by atoms with Crippen molar-refractivity contribution in [3.63, 3.8) is 0 Å². The van der Waals surface area contributed by atoms with Crippen molar-refractivity contribution in [3.05, 3.63) is 0 Å². The standard InChI is InChI=1S/C14H30N2O2S2/c1-13(2)11-15-7-5-4-6-8-16-9-10-19-12-14(16)20(3,17)18/h13-15H,4-12H2,1-3H3. The predicted molar refractivity (Wildman–Crippen MR) is 89.1 cm³/mol. The van der Waals surface area contributed by atoms with Gasteiger partial charge in [0, 0.05) is 24.3 Å². The lowest BCUT2D eigenvalue weighted by Gasteiger charge is -2.33. The van der Waals surface area contributed by atoms with E-state index in [0.29, 0.717) is 5.92 Å². The quantitative estimate of drug-likeness (QED) is 0.656. The molecule has 1 atom stereocenters. The Hall–Kier alpha value is 0.220. The smallest absolute Gasteiger partial charge is 0.164 e. The number of rotatable bonds is 9. The van der Waals surface area contributed by atoms with Gasteiger partial charge in [-0.15, -0.1) is 0 Å². The third kappa shape index (κ3) is 7.29. The Labute approximate surface area is 129 Å². The van der Waals surface area contributed by atoms with Crippen molar-refractivity contribution in [3.8, 4) is 0 Å². The molecule has 0 aromatic rings. The van der Waals surface area contributed by atoms with Crippen molar-refractivity contribution in [1.29, 1.82) is 0 Å². The SMILES string of the molecule is CC(C)CNCCCCCN1CCSCC1S(C)(=O)=O. The first-order chi connectivity index (χ1) is 9.41. The molecule has 1 unspecified atom stereocenters. The van der Waals surface area contributed by atoms with Crippen LogP contribution < -0.4 is 5.32 Å². The van der Waals surface area contributed by atoms with Gasteiger partial charge in [0.1, 0.15) is 5.37 Å². The molecule has 120 valence electrons. The molecule has 1 aliphatic heterocycles. The van der Waals surface area contributed by atoms with Crippen LogP contribution in [0.4, 0.5) is 0 Å². The first-order valence-electron chi connectivity index (χ1n) is 7.62. The Morgan fingerprint density at radius 1 is 1.30 bits per heavy atom. The number of hydrogen-bond acceptors (Lipinski definition) is 5. The van der Waals surface area contributed by atoms with Crippen LogP contribution in [0, 0.1) is 5.92 Å². The van der Waals surface area contributed by atoms with Gasteiger partial charge in [-0.05, 0) is 38.4 Å². The lowest BCUT2D eigenvalue weighted by molar-refractivity contribution is 0.264. The maximum Gasteiger partial charge on any atom is 0.164 e. The van der Waals surface area contributed by atoms with Crippen LogP contribution in [0.2, 0.25) is 0 Å². The van der Waals surface area contributed by atoms with Crippen LogP contribution in [-0.4, -0.2) is 62.6 Å². The van der Waals surface area contributed by atoms with Gasteiger partial charge in [-0.3, -0.25) is 4.90 Å². The van der Waals surface area contributed by atoms with E-state index in [1.807, 2.05) is 0 Å².